The van der Waals surface area contributed by atoms with Crippen molar-refractivity contribution in [3.63, 3.8) is 0 Å². The standard InChI is InChI=1S/C18H18FN5O/c1-2-6-22-8-9-23(16-10-13(19)3-4-15(16)22)18(25)14-11-21-24-7-5-20-12-17(14)24/h3-5,7,10-12H,2,6,8-9H2,1H3. The first kappa shape index (κ1) is 15.6. The zero-order valence-electron chi connectivity index (χ0n) is 13.9. The van der Waals surface area contributed by atoms with Gasteiger partial charge in [0.05, 0.1) is 34.8 Å². The van der Waals surface area contributed by atoms with Crippen molar-refractivity contribution in [2.24, 2.45) is 0 Å². The van der Waals surface area contributed by atoms with Crippen molar-refractivity contribution in [2.45, 2.75) is 13.3 Å². The number of hydrogen-bond donors (Lipinski definition) is 0. The van der Waals surface area contributed by atoms with Crippen molar-refractivity contribution in [2.75, 3.05) is 29.4 Å². The Balaban J connectivity index is 1.76. The molecule has 128 valence electrons. The Labute approximate surface area is 144 Å². The van der Waals surface area contributed by atoms with Gasteiger partial charge in [0.15, 0.2) is 0 Å². The summed E-state index contributed by atoms with van der Waals surface area (Å²) in [5, 5.41) is 4.20. The van der Waals surface area contributed by atoms with E-state index in [4.69, 9.17) is 0 Å². The van der Waals surface area contributed by atoms with Gasteiger partial charge in [0.25, 0.3) is 5.91 Å². The molecule has 1 aromatic carbocycles. The highest BCUT2D eigenvalue weighted by molar-refractivity contribution is 6.12. The zero-order chi connectivity index (χ0) is 17.4. The van der Waals surface area contributed by atoms with Crippen molar-refractivity contribution in [3.05, 3.63) is 54.4 Å². The minimum atomic E-state index is -0.351. The van der Waals surface area contributed by atoms with Crippen LogP contribution in [0.15, 0.2) is 43.0 Å². The molecule has 1 aliphatic rings. The van der Waals surface area contributed by atoms with Crippen LogP contribution >= 0.6 is 0 Å². The molecule has 0 bridgehead atoms. The van der Waals surface area contributed by atoms with Gasteiger partial charge in [-0.2, -0.15) is 5.10 Å². The van der Waals surface area contributed by atoms with Gasteiger partial charge in [-0.25, -0.2) is 8.91 Å². The molecule has 1 amide bonds. The summed E-state index contributed by atoms with van der Waals surface area (Å²) in [7, 11) is 0. The van der Waals surface area contributed by atoms with Crippen molar-refractivity contribution in [1.82, 2.24) is 14.6 Å². The second-order valence-electron chi connectivity index (χ2n) is 6.04. The van der Waals surface area contributed by atoms with Crippen molar-refractivity contribution < 1.29 is 9.18 Å². The van der Waals surface area contributed by atoms with E-state index < -0.39 is 0 Å². The summed E-state index contributed by atoms with van der Waals surface area (Å²) in [6.45, 7) is 4.20. The second-order valence-corrected chi connectivity index (χ2v) is 6.04. The maximum atomic E-state index is 13.9. The van der Waals surface area contributed by atoms with Crippen LogP contribution in [0.2, 0.25) is 0 Å². The number of carbonyl (C=O) groups is 1. The van der Waals surface area contributed by atoms with E-state index in [0.717, 1.165) is 25.2 Å². The van der Waals surface area contributed by atoms with Gasteiger partial charge in [0.2, 0.25) is 0 Å². The van der Waals surface area contributed by atoms with E-state index >= 15 is 0 Å². The molecule has 3 heterocycles. The number of fused-ring (bicyclic) bond motifs is 2. The molecule has 2 aromatic heterocycles. The number of benzene rings is 1. The fourth-order valence-electron chi connectivity index (χ4n) is 3.30. The van der Waals surface area contributed by atoms with E-state index in [1.54, 1.807) is 34.1 Å². The van der Waals surface area contributed by atoms with E-state index in [0.29, 0.717) is 23.3 Å². The van der Waals surface area contributed by atoms with Crippen molar-refractivity contribution in [3.8, 4) is 0 Å². The SMILES string of the molecule is CCCN1CCN(C(=O)c2cnn3ccncc23)c2cc(F)ccc21. The molecule has 0 radical (unpaired) electrons. The summed E-state index contributed by atoms with van der Waals surface area (Å²) in [5.74, 6) is -0.539. The molecule has 4 rings (SSSR count). The smallest absolute Gasteiger partial charge is 0.262 e. The van der Waals surface area contributed by atoms with Gasteiger partial charge in [-0.15, -0.1) is 0 Å². The van der Waals surface area contributed by atoms with E-state index in [1.807, 2.05) is 0 Å². The quantitative estimate of drug-likeness (QED) is 0.736. The fraction of sp³-hybridized carbons (Fsp3) is 0.278. The summed E-state index contributed by atoms with van der Waals surface area (Å²) >= 11 is 0. The maximum Gasteiger partial charge on any atom is 0.262 e. The summed E-state index contributed by atoms with van der Waals surface area (Å²) in [4.78, 5) is 21.0. The lowest BCUT2D eigenvalue weighted by atomic mass is 10.1. The van der Waals surface area contributed by atoms with E-state index in [9.17, 15) is 9.18 Å². The predicted octanol–water partition coefficient (Wildman–Crippen LogP) is 2.75. The molecular formula is C18H18FN5O. The topological polar surface area (TPSA) is 53.7 Å². The van der Waals surface area contributed by atoms with Gasteiger partial charge in [-0.3, -0.25) is 9.78 Å². The van der Waals surface area contributed by atoms with Crippen LogP contribution in [0.1, 0.15) is 23.7 Å². The zero-order valence-corrected chi connectivity index (χ0v) is 13.9. The Bertz CT molecular complexity index is 938. The number of anilines is 2. The molecule has 3 aromatic rings. The van der Waals surface area contributed by atoms with Gasteiger partial charge in [-0.1, -0.05) is 6.92 Å². The number of hydrogen-bond acceptors (Lipinski definition) is 4. The third-order valence-electron chi connectivity index (χ3n) is 4.46. The summed E-state index contributed by atoms with van der Waals surface area (Å²) in [6, 6.07) is 4.62. The highest BCUT2D eigenvalue weighted by Crippen LogP contribution is 2.35. The van der Waals surface area contributed by atoms with Crippen LogP contribution in [-0.4, -0.2) is 40.1 Å². The Morgan fingerprint density at radius 3 is 2.96 bits per heavy atom. The molecule has 6 nitrogen and oxygen atoms in total. The molecule has 25 heavy (non-hydrogen) atoms. The first-order valence-electron chi connectivity index (χ1n) is 8.32. The minimum Gasteiger partial charge on any atom is -0.368 e. The van der Waals surface area contributed by atoms with Crippen LogP contribution in [0.4, 0.5) is 15.8 Å². The number of aromatic nitrogens is 3. The number of halogens is 1. The third kappa shape index (κ3) is 2.61. The molecule has 0 saturated heterocycles. The molecule has 0 N–H and O–H groups in total. The number of carbonyl (C=O) groups excluding carboxylic acids is 1. The minimum absolute atomic E-state index is 0.189. The molecule has 7 heteroatoms. The first-order valence-corrected chi connectivity index (χ1v) is 8.32. The average molecular weight is 339 g/mol. The van der Waals surface area contributed by atoms with Crippen LogP contribution in [0, 0.1) is 5.82 Å². The van der Waals surface area contributed by atoms with Gasteiger partial charge < -0.3 is 9.80 Å². The lowest BCUT2D eigenvalue weighted by Crippen LogP contribution is -2.44. The molecule has 0 aliphatic carbocycles. The van der Waals surface area contributed by atoms with Crippen LogP contribution in [0.3, 0.4) is 0 Å². The van der Waals surface area contributed by atoms with Crippen LogP contribution < -0.4 is 9.80 Å². The summed E-state index contributed by atoms with van der Waals surface area (Å²) < 4.78 is 15.5. The molecular weight excluding hydrogens is 321 g/mol. The Morgan fingerprint density at radius 1 is 1.24 bits per heavy atom. The van der Waals surface area contributed by atoms with Gasteiger partial charge in [0, 0.05) is 32.0 Å². The number of nitrogens with zero attached hydrogens (tertiary/aromatic N) is 5. The van der Waals surface area contributed by atoms with E-state index in [-0.39, 0.29) is 11.7 Å². The van der Waals surface area contributed by atoms with Crippen molar-refractivity contribution >= 4 is 22.8 Å². The number of amides is 1. The lowest BCUT2D eigenvalue weighted by Gasteiger charge is -2.37. The highest BCUT2D eigenvalue weighted by Gasteiger charge is 2.29. The van der Waals surface area contributed by atoms with E-state index in [2.05, 4.69) is 21.9 Å². The fourth-order valence-corrected chi connectivity index (χ4v) is 3.30. The number of rotatable bonds is 3. The predicted molar refractivity (Wildman–Crippen MR) is 93.6 cm³/mol. The van der Waals surface area contributed by atoms with Gasteiger partial charge in [-0.05, 0) is 24.6 Å². The lowest BCUT2D eigenvalue weighted by molar-refractivity contribution is 0.0988. The largest absolute Gasteiger partial charge is 0.368 e. The average Bonchev–Trinajstić information content (AvgIpc) is 3.05. The molecule has 0 unspecified atom stereocenters. The molecule has 0 saturated carbocycles. The van der Waals surface area contributed by atoms with Crippen LogP contribution in [0.25, 0.3) is 5.52 Å². The van der Waals surface area contributed by atoms with Crippen LogP contribution in [-0.2, 0) is 0 Å². The first-order chi connectivity index (χ1) is 12.2. The highest BCUT2D eigenvalue weighted by atomic mass is 19.1. The Kier molecular flexibility index (Phi) is 3.83. The molecule has 0 spiro atoms. The maximum absolute atomic E-state index is 13.9. The summed E-state index contributed by atoms with van der Waals surface area (Å²) in [6.07, 6.45) is 7.45. The van der Waals surface area contributed by atoms with Crippen LogP contribution in [0.5, 0.6) is 0 Å². The Hall–Kier alpha value is -2.96. The van der Waals surface area contributed by atoms with Gasteiger partial charge >= 0.3 is 0 Å². The summed E-state index contributed by atoms with van der Waals surface area (Å²) in [5.41, 5.74) is 2.60. The molecule has 0 fully saturated rings. The normalized spacial score (nSPS) is 14.0. The van der Waals surface area contributed by atoms with Gasteiger partial charge in [0.1, 0.15) is 5.82 Å². The van der Waals surface area contributed by atoms with E-state index in [1.165, 1.54) is 18.3 Å². The Morgan fingerprint density at radius 2 is 2.12 bits per heavy atom. The molecule has 0 atom stereocenters. The molecule has 1 aliphatic heterocycles. The van der Waals surface area contributed by atoms with Crippen molar-refractivity contribution in [1.29, 1.82) is 0 Å². The second kappa shape index (κ2) is 6.16. The third-order valence-corrected chi connectivity index (χ3v) is 4.46. The monoisotopic (exact) mass is 339 g/mol.